The van der Waals surface area contributed by atoms with E-state index in [1.165, 1.54) is 23.8 Å². The molecular formula is C13H16N4OS. The Kier molecular flexibility index (Phi) is 4.48. The first-order valence-corrected chi connectivity index (χ1v) is 6.83. The van der Waals surface area contributed by atoms with Crippen LogP contribution in [-0.4, -0.2) is 10.9 Å². The molecule has 5 nitrogen and oxygen atoms in total. The number of nitrogens with zero attached hydrogens (tertiary/aromatic N) is 1. The summed E-state index contributed by atoms with van der Waals surface area (Å²) in [5, 5.41) is 5.32. The number of hydrogen-bond acceptors (Lipinski definition) is 5. The van der Waals surface area contributed by atoms with Gasteiger partial charge in [0.2, 0.25) is 5.91 Å². The van der Waals surface area contributed by atoms with Crippen LogP contribution in [0.25, 0.3) is 0 Å². The largest absolute Gasteiger partial charge is 0.324 e. The summed E-state index contributed by atoms with van der Waals surface area (Å²) >= 11 is 1.45. The lowest BCUT2D eigenvalue weighted by atomic mass is 10.1. The van der Waals surface area contributed by atoms with Crippen molar-refractivity contribution in [2.45, 2.75) is 19.8 Å². The van der Waals surface area contributed by atoms with Gasteiger partial charge < -0.3 is 10.7 Å². The van der Waals surface area contributed by atoms with E-state index in [0.717, 1.165) is 24.2 Å². The Hall–Kier alpha value is -1.92. The van der Waals surface area contributed by atoms with Crippen LogP contribution < -0.4 is 16.6 Å². The number of nitrogens with two attached hydrogens (primary N) is 1. The van der Waals surface area contributed by atoms with E-state index in [-0.39, 0.29) is 5.91 Å². The second kappa shape index (κ2) is 6.31. The Morgan fingerprint density at radius 2 is 2.05 bits per heavy atom. The summed E-state index contributed by atoms with van der Waals surface area (Å²) in [7, 11) is 0. The number of nitrogens with one attached hydrogen (secondary N) is 2. The van der Waals surface area contributed by atoms with Crippen molar-refractivity contribution >= 4 is 28.1 Å². The van der Waals surface area contributed by atoms with Gasteiger partial charge in [-0.25, -0.2) is 4.98 Å². The summed E-state index contributed by atoms with van der Waals surface area (Å²) in [6.45, 7) is 1.48. The number of rotatable bonds is 5. The Labute approximate surface area is 115 Å². The normalized spacial score (nSPS) is 10.2. The second-order valence-electron chi connectivity index (χ2n) is 4.17. The highest BCUT2D eigenvalue weighted by atomic mass is 32.1. The minimum Gasteiger partial charge on any atom is -0.324 e. The van der Waals surface area contributed by atoms with Crippen LogP contribution in [0.2, 0.25) is 0 Å². The molecule has 0 aliphatic heterocycles. The van der Waals surface area contributed by atoms with Crippen molar-refractivity contribution in [3.63, 3.8) is 0 Å². The number of aryl methyl sites for hydroxylation is 2. The highest BCUT2D eigenvalue weighted by Gasteiger charge is 2.03. The molecule has 1 heterocycles. The second-order valence-corrected chi connectivity index (χ2v) is 5.02. The molecule has 4 N–H and O–H groups in total. The molecule has 0 saturated carbocycles. The maximum Gasteiger partial charge on any atom is 0.223 e. The van der Waals surface area contributed by atoms with Crippen molar-refractivity contribution < 1.29 is 4.79 Å². The number of amides is 1. The third-order valence-electron chi connectivity index (χ3n) is 2.63. The van der Waals surface area contributed by atoms with Crippen molar-refractivity contribution in [1.29, 1.82) is 0 Å². The van der Waals surface area contributed by atoms with Crippen LogP contribution in [0.1, 0.15) is 18.2 Å². The van der Waals surface area contributed by atoms with E-state index in [1.54, 1.807) is 0 Å². The van der Waals surface area contributed by atoms with Gasteiger partial charge in [0.15, 0.2) is 5.13 Å². The predicted molar refractivity (Wildman–Crippen MR) is 78.1 cm³/mol. The Morgan fingerprint density at radius 3 is 2.68 bits per heavy atom. The van der Waals surface area contributed by atoms with Gasteiger partial charge in [0.1, 0.15) is 0 Å². The Balaban J connectivity index is 1.90. The lowest BCUT2D eigenvalue weighted by Crippen LogP contribution is -2.06. The molecule has 0 unspecified atom stereocenters. The molecule has 0 aliphatic carbocycles. The average molecular weight is 276 g/mol. The molecule has 0 radical (unpaired) electrons. The first kappa shape index (κ1) is 13.5. The molecule has 6 heteroatoms. The van der Waals surface area contributed by atoms with Crippen molar-refractivity contribution in [2.75, 3.05) is 10.7 Å². The minimum absolute atomic E-state index is 0.0919. The topological polar surface area (TPSA) is 80.0 Å². The summed E-state index contributed by atoms with van der Waals surface area (Å²) in [4.78, 5) is 15.3. The quantitative estimate of drug-likeness (QED) is 0.577. The zero-order valence-corrected chi connectivity index (χ0v) is 11.5. The van der Waals surface area contributed by atoms with Gasteiger partial charge in [0.05, 0.1) is 5.69 Å². The van der Waals surface area contributed by atoms with Crippen LogP contribution in [0, 0.1) is 0 Å². The number of benzene rings is 1. The predicted octanol–water partition coefficient (Wildman–Crippen LogP) is 2.17. The molecule has 0 fully saturated rings. The maximum absolute atomic E-state index is 10.9. The fourth-order valence-corrected chi connectivity index (χ4v) is 2.46. The van der Waals surface area contributed by atoms with E-state index in [4.69, 9.17) is 5.84 Å². The fraction of sp³-hybridized carbons (Fsp3) is 0.231. The molecule has 2 aromatic rings. The van der Waals surface area contributed by atoms with Crippen molar-refractivity contribution in [2.24, 2.45) is 5.84 Å². The minimum atomic E-state index is -0.0919. The number of hydrazine groups is 1. The maximum atomic E-state index is 10.9. The Morgan fingerprint density at radius 1 is 1.32 bits per heavy atom. The zero-order valence-electron chi connectivity index (χ0n) is 10.6. The number of anilines is 2. The van der Waals surface area contributed by atoms with E-state index >= 15 is 0 Å². The molecule has 0 aliphatic rings. The fourth-order valence-electron chi connectivity index (χ4n) is 1.67. The number of carbonyl (C=O) groups excluding carboxylic acids is 1. The molecular weight excluding hydrogens is 260 g/mol. The summed E-state index contributed by atoms with van der Waals surface area (Å²) in [5.41, 5.74) is 5.72. The number of carbonyl (C=O) groups is 1. The summed E-state index contributed by atoms with van der Waals surface area (Å²) in [5.74, 6) is 5.22. The third kappa shape index (κ3) is 4.04. The van der Waals surface area contributed by atoms with Crippen molar-refractivity contribution in [3.05, 3.63) is 40.9 Å². The van der Waals surface area contributed by atoms with E-state index in [0.29, 0.717) is 5.13 Å². The lowest BCUT2D eigenvalue weighted by Gasteiger charge is -2.02. The van der Waals surface area contributed by atoms with Crippen LogP contribution in [0.4, 0.5) is 10.8 Å². The Bertz CT molecular complexity index is 550. The third-order valence-corrected chi connectivity index (χ3v) is 3.43. The first-order valence-electron chi connectivity index (χ1n) is 5.95. The van der Waals surface area contributed by atoms with E-state index < -0.39 is 0 Å². The van der Waals surface area contributed by atoms with E-state index in [2.05, 4.69) is 15.7 Å². The first-order chi connectivity index (χ1) is 9.17. The van der Waals surface area contributed by atoms with Crippen LogP contribution >= 0.6 is 11.3 Å². The molecule has 0 spiro atoms. The highest BCUT2D eigenvalue weighted by Crippen LogP contribution is 2.17. The molecule has 1 aromatic heterocycles. The van der Waals surface area contributed by atoms with Gasteiger partial charge in [-0.05, 0) is 30.5 Å². The van der Waals surface area contributed by atoms with Gasteiger partial charge in [-0.3, -0.25) is 10.6 Å². The average Bonchev–Trinajstić information content (AvgIpc) is 2.84. The number of thiazole rings is 1. The lowest BCUT2D eigenvalue weighted by molar-refractivity contribution is -0.114. The van der Waals surface area contributed by atoms with Gasteiger partial charge in [-0.15, -0.1) is 11.3 Å². The van der Waals surface area contributed by atoms with E-state index in [9.17, 15) is 4.79 Å². The van der Waals surface area contributed by atoms with Gasteiger partial charge >= 0.3 is 0 Å². The standard InChI is InChI=1S/C13H16N4OS/c1-9(18)15-13-16-12(8-19-13)7-4-10-2-5-11(17-14)6-3-10/h2-3,5-6,8,17H,4,7,14H2,1H3,(H,15,16,18). The summed E-state index contributed by atoms with van der Waals surface area (Å²) in [6.07, 6.45) is 1.76. The molecule has 19 heavy (non-hydrogen) atoms. The van der Waals surface area contributed by atoms with Crippen molar-refractivity contribution in [1.82, 2.24) is 4.98 Å². The van der Waals surface area contributed by atoms with Crippen LogP contribution in [0.5, 0.6) is 0 Å². The summed E-state index contributed by atoms with van der Waals surface area (Å²) in [6, 6.07) is 7.96. The van der Waals surface area contributed by atoms with Gasteiger partial charge in [-0.2, -0.15) is 0 Å². The number of nitrogen functional groups attached to an aromatic ring is 1. The molecule has 1 aromatic carbocycles. The zero-order chi connectivity index (χ0) is 13.7. The van der Waals surface area contributed by atoms with Crippen molar-refractivity contribution in [3.8, 4) is 0 Å². The molecule has 2 rings (SSSR count). The van der Waals surface area contributed by atoms with Crippen LogP contribution in [-0.2, 0) is 17.6 Å². The molecule has 0 atom stereocenters. The van der Waals surface area contributed by atoms with E-state index in [1.807, 2.05) is 29.6 Å². The molecule has 0 saturated heterocycles. The van der Waals surface area contributed by atoms with Gasteiger partial charge in [-0.1, -0.05) is 12.1 Å². The molecule has 100 valence electrons. The molecule has 1 amide bonds. The summed E-state index contributed by atoms with van der Waals surface area (Å²) < 4.78 is 0. The number of aromatic nitrogens is 1. The van der Waals surface area contributed by atoms with Gasteiger partial charge in [0.25, 0.3) is 0 Å². The SMILES string of the molecule is CC(=O)Nc1nc(CCc2ccc(NN)cc2)cs1. The monoisotopic (exact) mass is 276 g/mol. The van der Waals surface area contributed by atoms with Gasteiger partial charge in [0, 0.05) is 18.0 Å². The highest BCUT2D eigenvalue weighted by molar-refractivity contribution is 7.13. The molecule has 0 bridgehead atoms. The van der Waals surface area contributed by atoms with Crippen LogP contribution in [0.15, 0.2) is 29.6 Å². The smallest absolute Gasteiger partial charge is 0.223 e. The van der Waals surface area contributed by atoms with Crippen LogP contribution in [0.3, 0.4) is 0 Å². The number of hydrogen-bond donors (Lipinski definition) is 3.